The number of hydrogen-bond acceptors (Lipinski definition) is 3. The van der Waals surface area contributed by atoms with Crippen LogP contribution >= 0.6 is 0 Å². The molecule has 4 heteroatoms. The Morgan fingerprint density at radius 2 is 1.89 bits per heavy atom. The lowest BCUT2D eigenvalue weighted by Crippen LogP contribution is -2.51. The van der Waals surface area contributed by atoms with Crippen molar-refractivity contribution in [1.29, 1.82) is 5.26 Å². The molecule has 0 aromatic heterocycles. The third kappa shape index (κ3) is 4.42. The summed E-state index contributed by atoms with van der Waals surface area (Å²) in [6.07, 6.45) is 14.2. The van der Waals surface area contributed by atoms with Gasteiger partial charge in [-0.05, 0) is 88.6 Å². The minimum atomic E-state index is -0.241. The molecule has 5 rings (SSSR count). The Hall–Kier alpha value is -3.24. The molecule has 4 aliphatic rings. The highest BCUT2D eigenvalue weighted by atomic mass is 16.5. The van der Waals surface area contributed by atoms with E-state index in [0.29, 0.717) is 11.3 Å². The van der Waals surface area contributed by atoms with Gasteiger partial charge in [-0.15, -0.1) is 0 Å². The van der Waals surface area contributed by atoms with Gasteiger partial charge < -0.3 is 9.64 Å². The number of nitriles is 1. The number of ether oxygens (including phenoxy) is 1. The Kier molecular flexibility index (Phi) is 6.15. The van der Waals surface area contributed by atoms with Crippen molar-refractivity contribution in [2.24, 2.45) is 11.3 Å². The first-order chi connectivity index (χ1) is 17.5. The van der Waals surface area contributed by atoms with Crippen LogP contribution < -0.4 is 4.90 Å². The normalized spacial score (nSPS) is 27.7. The summed E-state index contributed by atoms with van der Waals surface area (Å²) in [4.78, 5) is 6.12. The molecular formula is C33H39N3O. The smallest absolute Gasteiger partial charge is 0.269 e. The van der Waals surface area contributed by atoms with E-state index in [1.54, 1.807) is 0 Å². The maximum absolute atomic E-state index is 9.48. The van der Waals surface area contributed by atoms with E-state index >= 15 is 0 Å². The Bertz CT molecular complexity index is 1320. The van der Waals surface area contributed by atoms with E-state index < -0.39 is 0 Å². The van der Waals surface area contributed by atoms with Crippen LogP contribution in [0.1, 0.15) is 90.3 Å². The van der Waals surface area contributed by atoms with Crippen LogP contribution in [0.4, 0.5) is 5.69 Å². The molecule has 1 saturated carbocycles. The molecule has 2 atom stereocenters. The van der Waals surface area contributed by atoms with Gasteiger partial charge in [-0.2, -0.15) is 0 Å². The van der Waals surface area contributed by atoms with Gasteiger partial charge in [-0.1, -0.05) is 60.5 Å². The summed E-state index contributed by atoms with van der Waals surface area (Å²) in [5.41, 5.74) is 6.53. The molecule has 3 aliphatic heterocycles. The Morgan fingerprint density at radius 3 is 2.59 bits per heavy atom. The Balaban J connectivity index is 1.59. The van der Waals surface area contributed by atoms with E-state index in [1.807, 2.05) is 24.3 Å². The van der Waals surface area contributed by atoms with Gasteiger partial charge in [0.05, 0.1) is 12.6 Å². The van der Waals surface area contributed by atoms with Crippen molar-refractivity contribution in [3.8, 4) is 6.07 Å². The second-order valence-electron chi connectivity index (χ2n) is 13.2. The SMILES string of the molecule is [C-]#[N+]/C(C#N)=C1C=C(/C=C/c2cc3c4c(c2)C2(C)CCCCC2CN4CCC3(C)C)OC(C(C)(C)C)=C\1. The molecule has 0 bridgehead atoms. The summed E-state index contributed by atoms with van der Waals surface area (Å²) in [7, 11) is 0. The van der Waals surface area contributed by atoms with E-state index in [0.717, 1.165) is 18.2 Å². The van der Waals surface area contributed by atoms with Gasteiger partial charge in [0.1, 0.15) is 11.5 Å². The van der Waals surface area contributed by atoms with E-state index in [2.05, 4.69) is 69.5 Å². The van der Waals surface area contributed by atoms with E-state index in [9.17, 15) is 5.26 Å². The van der Waals surface area contributed by atoms with Crippen molar-refractivity contribution in [3.05, 3.63) is 81.3 Å². The fourth-order valence-corrected chi connectivity index (χ4v) is 6.65. The average Bonchev–Trinajstić information content (AvgIpc) is 2.85. The van der Waals surface area contributed by atoms with Gasteiger partial charge in [-0.25, -0.2) is 10.1 Å². The molecule has 0 N–H and O–H groups in total. The van der Waals surface area contributed by atoms with Gasteiger partial charge in [0, 0.05) is 24.2 Å². The largest absolute Gasteiger partial charge is 0.461 e. The van der Waals surface area contributed by atoms with Crippen LogP contribution in [0.15, 0.2) is 53.1 Å². The number of hydrogen-bond donors (Lipinski definition) is 0. The molecule has 37 heavy (non-hydrogen) atoms. The molecular weight excluding hydrogens is 454 g/mol. The zero-order chi connectivity index (χ0) is 26.6. The molecule has 0 amide bonds. The van der Waals surface area contributed by atoms with Gasteiger partial charge in [0.2, 0.25) is 0 Å². The third-order valence-electron chi connectivity index (χ3n) is 9.12. The molecule has 1 aromatic carbocycles. The van der Waals surface area contributed by atoms with Crippen LogP contribution in [0.25, 0.3) is 10.9 Å². The summed E-state index contributed by atoms with van der Waals surface area (Å²) in [6.45, 7) is 23.3. The molecule has 1 fully saturated rings. The summed E-state index contributed by atoms with van der Waals surface area (Å²) >= 11 is 0. The molecule has 0 radical (unpaired) electrons. The number of rotatable bonds is 2. The molecule has 3 heterocycles. The zero-order valence-corrected chi connectivity index (χ0v) is 23.2. The fraction of sp³-hybridized carbons (Fsp3) is 0.515. The van der Waals surface area contributed by atoms with Crippen LogP contribution in [0.5, 0.6) is 0 Å². The number of benzene rings is 1. The maximum Gasteiger partial charge on any atom is 0.269 e. The Labute approximate surface area is 222 Å². The average molecular weight is 494 g/mol. The van der Waals surface area contributed by atoms with Crippen molar-refractivity contribution >= 4 is 11.8 Å². The van der Waals surface area contributed by atoms with E-state index in [-0.39, 0.29) is 21.9 Å². The van der Waals surface area contributed by atoms with Crippen molar-refractivity contribution in [3.63, 3.8) is 0 Å². The summed E-state index contributed by atoms with van der Waals surface area (Å²) in [5.74, 6) is 2.14. The molecule has 1 aliphatic carbocycles. The van der Waals surface area contributed by atoms with E-state index in [4.69, 9.17) is 11.3 Å². The van der Waals surface area contributed by atoms with Gasteiger partial charge >= 0.3 is 0 Å². The summed E-state index contributed by atoms with van der Waals surface area (Å²) in [6, 6.07) is 6.85. The number of allylic oxidation sites excluding steroid dienone is 6. The van der Waals surface area contributed by atoms with Crippen LogP contribution in [0.2, 0.25) is 0 Å². The van der Waals surface area contributed by atoms with Crippen LogP contribution in [0.3, 0.4) is 0 Å². The second kappa shape index (κ2) is 8.95. The fourth-order valence-electron chi connectivity index (χ4n) is 6.65. The summed E-state index contributed by atoms with van der Waals surface area (Å²) < 4.78 is 6.27. The molecule has 0 spiro atoms. The van der Waals surface area contributed by atoms with Gasteiger partial charge in [0.15, 0.2) is 0 Å². The molecule has 0 saturated heterocycles. The van der Waals surface area contributed by atoms with Crippen molar-refractivity contribution in [1.82, 2.24) is 0 Å². The number of nitrogens with zero attached hydrogens (tertiary/aromatic N) is 3. The monoisotopic (exact) mass is 493 g/mol. The first kappa shape index (κ1) is 25.4. The van der Waals surface area contributed by atoms with Crippen molar-refractivity contribution in [2.75, 3.05) is 18.0 Å². The molecule has 192 valence electrons. The number of anilines is 1. The predicted molar refractivity (Wildman–Crippen MR) is 151 cm³/mol. The zero-order valence-electron chi connectivity index (χ0n) is 23.2. The topological polar surface area (TPSA) is 40.6 Å². The minimum Gasteiger partial charge on any atom is -0.461 e. The van der Waals surface area contributed by atoms with Crippen molar-refractivity contribution < 1.29 is 4.74 Å². The highest BCUT2D eigenvalue weighted by molar-refractivity contribution is 5.72. The van der Waals surface area contributed by atoms with Gasteiger partial charge in [-0.3, -0.25) is 0 Å². The predicted octanol–water partition coefficient (Wildman–Crippen LogP) is 8.19. The second-order valence-corrected chi connectivity index (χ2v) is 13.2. The quantitative estimate of drug-likeness (QED) is 0.308. The number of fused-ring (bicyclic) bond motifs is 2. The van der Waals surface area contributed by atoms with Crippen molar-refractivity contribution in [2.45, 2.75) is 84.5 Å². The van der Waals surface area contributed by atoms with Crippen LogP contribution in [0, 0.1) is 29.2 Å². The lowest BCUT2D eigenvalue weighted by molar-refractivity contribution is 0.192. The first-order valence-corrected chi connectivity index (χ1v) is 13.7. The minimum absolute atomic E-state index is 0.0901. The highest BCUT2D eigenvalue weighted by Crippen LogP contribution is 2.55. The molecule has 4 nitrogen and oxygen atoms in total. The van der Waals surface area contributed by atoms with Crippen LogP contribution in [-0.4, -0.2) is 13.1 Å². The maximum atomic E-state index is 9.48. The lowest BCUT2D eigenvalue weighted by Gasteiger charge is -2.54. The molecule has 2 unspecified atom stereocenters. The standard InChI is InChI=1S/C33H39N3O/c1-31(2,3)29-19-23(28(20-34)35-7)18-25(37-29)12-11-22-16-26-30-27(17-22)33(6)13-9-8-10-24(33)21-36(30)15-14-32(26,4)5/h11-12,16-19,24H,8-10,13-15,21H2,1-6H3/b12-11+,28-23+. The van der Waals surface area contributed by atoms with Crippen LogP contribution in [-0.2, 0) is 15.6 Å². The summed E-state index contributed by atoms with van der Waals surface area (Å²) in [5, 5.41) is 9.48. The first-order valence-electron chi connectivity index (χ1n) is 13.7. The molecule has 1 aromatic rings. The van der Waals surface area contributed by atoms with Gasteiger partial charge in [0.25, 0.3) is 5.70 Å². The third-order valence-corrected chi connectivity index (χ3v) is 9.12. The van der Waals surface area contributed by atoms with E-state index in [1.165, 1.54) is 61.0 Å². The highest BCUT2D eigenvalue weighted by Gasteiger charge is 2.47. The Morgan fingerprint density at radius 1 is 1.14 bits per heavy atom. The lowest BCUT2D eigenvalue weighted by atomic mass is 9.59.